The molecule has 0 atom stereocenters. The lowest BCUT2D eigenvalue weighted by molar-refractivity contribution is 1.21. The summed E-state index contributed by atoms with van der Waals surface area (Å²) in [4.78, 5) is 11.7. The largest absolute Gasteiger partial charge is 0.359 e. The molecular formula is C12H10N4. The van der Waals surface area contributed by atoms with Crippen molar-refractivity contribution < 1.29 is 0 Å². The van der Waals surface area contributed by atoms with Crippen LogP contribution < -0.4 is 5.32 Å². The predicted octanol–water partition coefficient (Wildman–Crippen LogP) is 2.70. The fourth-order valence-corrected chi connectivity index (χ4v) is 1.55. The van der Waals surface area contributed by atoms with Gasteiger partial charge in [-0.15, -0.1) is 0 Å². The highest BCUT2D eigenvalue weighted by molar-refractivity contribution is 5.75. The Labute approximate surface area is 92.4 Å². The average molecular weight is 210 g/mol. The zero-order valence-electron chi connectivity index (χ0n) is 8.51. The number of hydrogen-bond donors (Lipinski definition) is 2. The number of anilines is 2. The van der Waals surface area contributed by atoms with Gasteiger partial charge >= 0.3 is 0 Å². The lowest BCUT2D eigenvalue weighted by atomic mass is 10.3. The van der Waals surface area contributed by atoms with Crippen LogP contribution >= 0.6 is 0 Å². The summed E-state index contributed by atoms with van der Waals surface area (Å²) < 4.78 is 0. The van der Waals surface area contributed by atoms with Gasteiger partial charge in [0.1, 0.15) is 0 Å². The first-order chi connectivity index (χ1) is 7.92. The van der Waals surface area contributed by atoms with Gasteiger partial charge in [-0.25, -0.2) is 9.97 Å². The molecular weight excluding hydrogens is 200 g/mol. The monoisotopic (exact) mass is 210 g/mol. The van der Waals surface area contributed by atoms with Crippen LogP contribution in [0.4, 0.5) is 11.6 Å². The molecule has 2 aromatic heterocycles. The Balaban J connectivity index is 1.94. The van der Waals surface area contributed by atoms with Crippen molar-refractivity contribution in [2.24, 2.45) is 0 Å². The van der Waals surface area contributed by atoms with E-state index in [4.69, 9.17) is 0 Å². The summed E-state index contributed by atoms with van der Waals surface area (Å²) in [6, 6.07) is 11.8. The Morgan fingerprint density at radius 3 is 2.81 bits per heavy atom. The lowest BCUT2D eigenvalue weighted by Gasteiger charge is -2.03. The molecule has 0 bridgehead atoms. The normalized spacial score (nSPS) is 10.5. The van der Waals surface area contributed by atoms with Gasteiger partial charge in [0, 0.05) is 11.9 Å². The van der Waals surface area contributed by atoms with Gasteiger partial charge < -0.3 is 10.3 Å². The standard InChI is InChI=1S/C12H10N4/c1-2-4-9(5-3-1)15-12-14-8-11-10(16-12)6-7-13-11/h1-8,13H,(H,14,15,16). The first kappa shape index (κ1) is 8.91. The smallest absolute Gasteiger partial charge is 0.227 e. The second-order valence-electron chi connectivity index (χ2n) is 3.46. The van der Waals surface area contributed by atoms with Gasteiger partial charge in [0.15, 0.2) is 0 Å². The van der Waals surface area contributed by atoms with E-state index in [1.807, 2.05) is 42.6 Å². The van der Waals surface area contributed by atoms with Crippen molar-refractivity contribution in [1.82, 2.24) is 15.0 Å². The number of benzene rings is 1. The van der Waals surface area contributed by atoms with E-state index < -0.39 is 0 Å². The van der Waals surface area contributed by atoms with Crippen molar-refractivity contribution in [3.63, 3.8) is 0 Å². The van der Waals surface area contributed by atoms with Crippen LogP contribution in [0.25, 0.3) is 11.0 Å². The maximum atomic E-state index is 4.38. The highest BCUT2D eigenvalue weighted by Crippen LogP contribution is 2.14. The molecule has 0 saturated carbocycles. The number of aromatic amines is 1. The summed E-state index contributed by atoms with van der Waals surface area (Å²) in [6.07, 6.45) is 3.62. The van der Waals surface area contributed by atoms with Crippen LogP contribution in [0.1, 0.15) is 0 Å². The summed E-state index contributed by atoms with van der Waals surface area (Å²) >= 11 is 0. The maximum absolute atomic E-state index is 4.38. The molecule has 2 heterocycles. The molecule has 1 aromatic carbocycles. The Bertz CT molecular complexity index is 600. The first-order valence-electron chi connectivity index (χ1n) is 5.04. The number of hydrogen-bond acceptors (Lipinski definition) is 3. The molecule has 0 spiro atoms. The summed E-state index contributed by atoms with van der Waals surface area (Å²) in [5.74, 6) is 0.610. The van der Waals surface area contributed by atoms with E-state index in [2.05, 4.69) is 20.3 Å². The van der Waals surface area contributed by atoms with Gasteiger partial charge in [-0.3, -0.25) is 0 Å². The minimum Gasteiger partial charge on any atom is -0.359 e. The van der Waals surface area contributed by atoms with E-state index in [0.717, 1.165) is 16.7 Å². The molecule has 3 aromatic rings. The minimum atomic E-state index is 0.610. The average Bonchev–Trinajstić information content (AvgIpc) is 2.77. The molecule has 0 amide bonds. The fourth-order valence-electron chi connectivity index (χ4n) is 1.55. The third-order valence-corrected chi connectivity index (χ3v) is 2.33. The molecule has 0 fully saturated rings. The second kappa shape index (κ2) is 3.66. The number of fused-ring (bicyclic) bond motifs is 1. The molecule has 4 heteroatoms. The molecule has 2 N–H and O–H groups in total. The third-order valence-electron chi connectivity index (χ3n) is 2.33. The predicted molar refractivity (Wildman–Crippen MR) is 63.6 cm³/mol. The van der Waals surface area contributed by atoms with Crippen LogP contribution in [-0.4, -0.2) is 15.0 Å². The Morgan fingerprint density at radius 2 is 1.94 bits per heavy atom. The van der Waals surface area contributed by atoms with Crippen molar-refractivity contribution in [1.29, 1.82) is 0 Å². The van der Waals surface area contributed by atoms with Crippen molar-refractivity contribution in [2.75, 3.05) is 5.32 Å². The number of H-pyrrole nitrogens is 1. The molecule has 0 aliphatic carbocycles. The summed E-state index contributed by atoms with van der Waals surface area (Å²) in [6.45, 7) is 0. The van der Waals surface area contributed by atoms with E-state index in [0.29, 0.717) is 5.95 Å². The minimum absolute atomic E-state index is 0.610. The molecule has 0 radical (unpaired) electrons. The molecule has 0 unspecified atom stereocenters. The van der Waals surface area contributed by atoms with Crippen LogP contribution in [0.3, 0.4) is 0 Å². The first-order valence-corrected chi connectivity index (χ1v) is 5.04. The molecule has 3 rings (SSSR count). The van der Waals surface area contributed by atoms with Crippen molar-refractivity contribution >= 4 is 22.7 Å². The third kappa shape index (κ3) is 1.61. The number of nitrogens with zero attached hydrogens (tertiary/aromatic N) is 2. The SMILES string of the molecule is c1ccc(Nc2ncc3[nH]ccc3n2)cc1. The van der Waals surface area contributed by atoms with Crippen LogP contribution in [0.2, 0.25) is 0 Å². The molecule has 0 aliphatic rings. The van der Waals surface area contributed by atoms with E-state index >= 15 is 0 Å². The summed E-state index contributed by atoms with van der Waals surface area (Å²) in [7, 11) is 0. The lowest BCUT2D eigenvalue weighted by Crippen LogP contribution is -1.95. The topological polar surface area (TPSA) is 53.6 Å². The van der Waals surface area contributed by atoms with Gasteiger partial charge in [-0.05, 0) is 18.2 Å². The summed E-state index contributed by atoms with van der Waals surface area (Å²) in [5, 5.41) is 3.15. The fraction of sp³-hybridized carbons (Fsp3) is 0. The van der Waals surface area contributed by atoms with Gasteiger partial charge in [0.25, 0.3) is 0 Å². The number of rotatable bonds is 2. The number of para-hydroxylation sites is 1. The zero-order chi connectivity index (χ0) is 10.8. The molecule has 4 nitrogen and oxygen atoms in total. The Kier molecular flexibility index (Phi) is 2.04. The maximum Gasteiger partial charge on any atom is 0.227 e. The van der Waals surface area contributed by atoms with Crippen molar-refractivity contribution in [3.8, 4) is 0 Å². The van der Waals surface area contributed by atoms with Crippen LogP contribution in [-0.2, 0) is 0 Å². The van der Waals surface area contributed by atoms with Gasteiger partial charge in [0.2, 0.25) is 5.95 Å². The number of aromatic nitrogens is 3. The number of nitrogens with one attached hydrogen (secondary N) is 2. The molecule has 16 heavy (non-hydrogen) atoms. The van der Waals surface area contributed by atoms with Crippen LogP contribution in [0.15, 0.2) is 48.8 Å². The highest BCUT2D eigenvalue weighted by Gasteiger charge is 2.00. The van der Waals surface area contributed by atoms with Crippen molar-refractivity contribution in [2.45, 2.75) is 0 Å². The molecule has 78 valence electrons. The zero-order valence-corrected chi connectivity index (χ0v) is 8.51. The van der Waals surface area contributed by atoms with Crippen LogP contribution in [0.5, 0.6) is 0 Å². The quantitative estimate of drug-likeness (QED) is 0.683. The highest BCUT2D eigenvalue weighted by atomic mass is 15.1. The van der Waals surface area contributed by atoms with E-state index in [9.17, 15) is 0 Å². The molecule has 0 saturated heterocycles. The van der Waals surface area contributed by atoms with Gasteiger partial charge in [0.05, 0.1) is 17.2 Å². The Hall–Kier alpha value is -2.36. The van der Waals surface area contributed by atoms with E-state index in [1.54, 1.807) is 6.20 Å². The molecule has 0 aliphatic heterocycles. The van der Waals surface area contributed by atoms with E-state index in [1.165, 1.54) is 0 Å². The Morgan fingerprint density at radius 1 is 1.06 bits per heavy atom. The van der Waals surface area contributed by atoms with Gasteiger partial charge in [-0.2, -0.15) is 0 Å². The summed E-state index contributed by atoms with van der Waals surface area (Å²) in [5.41, 5.74) is 2.84. The van der Waals surface area contributed by atoms with Gasteiger partial charge in [-0.1, -0.05) is 18.2 Å². The van der Waals surface area contributed by atoms with E-state index in [-0.39, 0.29) is 0 Å². The second-order valence-corrected chi connectivity index (χ2v) is 3.46. The van der Waals surface area contributed by atoms with Crippen molar-refractivity contribution in [3.05, 3.63) is 48.8 Å². The van der Waals surface area contributed by atoms with Crippen LogP contribution in [0, 0.1) is 0 Å².